The lowest BCUT2D eigenvalue weighted by molar-refractivity contribution is 0.283. The molecule has 0 bridgehead atoms. The van der Waals surface area contributed by atoms with E-state index in [0.29, 0.717) is 12.5 Å². The second kappa shape index (κ2) is 10.4. The van der Waals surface area contributed by atoms with Crippen LogP contribution in [0, 0.1) is 0 Å². The Bertz CT molecular complexity index is 396. The van der Waals surface area contributed by atoms with Crippen molar-refractivity contribution in [1.82, 2.24) is 9.97 Å². The second-order valence-electron chi connectivity index (χ2n) is 5.64. The normalized spacial score (nSPS) is 10.9. The number of rotatable bonds is 11. The number of hydrogen-bond acceptors (Lipinski definition) is 5. The van der Waals surface area contributed by atoms with Gasteiger partial charge in [0.25, 0.3) is 0 Å². The lowest BCUT2D eigenvalue weighted by Crippen LogP contribution is -2.10. The summed E-state index contributed by atoms with van der Waals surface area (Å²) >= 11 is 0. The highest BCUT2D eigenvalue weighted by atomic mass is 16.2. The highest BCUT2D eigenvalue weighted by Crippen LogP contribution is 2.17. The Hall–Kier alpha value is -1.36. The van der Waals surface area contributed by atoms with Crippen LogP contribution in [0.5, 0.6) is 0 Å². The maximum atomic E-state index is 8.75. The topological polar surface area (TPSA) is 70.1 Å². The van der Waals surface area contributed by atoms with Gasteiger partial charge in [-0.05, 0) is 19.3 Å². The summed E-state index contributed by atoms with van der Waals surface area (Å²) in [6, 6.07) is 1.98. The number of unbranched alkanes of at least 4 members (excludes halogenated alkanes) is 3. The molecule has 1 heterocycles. The van der Waals surface area contributed by atoms with Gasteiger partial charge in [-0.1, -0.05) is 33.6 Å². The Morgan fingerprint density at radius 1 is 1.00 bits per heavy atom. The molecular weight excluding hydrogens is 264 g/mol. The first kappa shape index (κ1) is 17.7. The van der Waals surface area contributed by atoms with Crippen LogP contribution < -0.4 is 10.6 Å². The highest BCUT2D eigenvalue weighted by molar-refractivity contribution is 5.47. The monoisotopic (exact) mass is 294 g/mol. The van der Waals surface area contributed by atoms with Crippen molar-refractivity contribution in [2.45, 2.75) is 58.8 Å². The van der Waals surface area contributed by atoms with Crippen molar-refractivity contribution >= 4 is 11.6 Å². The van der Waals surface area contributed by atoms with E-state index < -0.39 is 0 Å². The molecule has 0 aliphatic carbocycles. The number of anilines is 2. The van der Waals surface area contributed by atoms with Crippen LogP contribution in [0.25, 0.3) is 0 Å². The van der Waals surface area contributed by atoms with E-state index in [-0.39, 0.29) is 0 Å². The summed E-state index contributed by atoms with van der Waals surface area (Å²) in [4.78, 5) is 9.12. The SMILES string of the molecule is CCCNc1cc(NCCCCCCO)nc(C(C)C)n1. The van der Waals surface area contributed by atoms with Gasteiger partial charge in [-0.3, -0.25) is 0 Å². The minimum absolute atomic E-state index is 0.295. The fraction of sp³-hybridized carbons (Fsp3) is 0.750. The van der Waals surface area contributed by atoms with Crippen LogP contribution >= 0.6 is 0 Å². The van der Waals surface area contributed by atoms with Crippen molar-refractivity contribution in [2.75, 3.05) is 30.3 Å². The van der Waals surface area contributed by atoms with Gasteiger partial charge in [0, 0.05) is 31.7 Å². The van der Waals surface area contributed by atoms with E-state index in [9.17, 15) is 0 Å². The number of nitrogens with zero attached hydrogens (tertiary/aromatic N) is 2. The van der Waals surface area contributed by atoms with E-state index in [4.69, 9.17) is 5.11 Å². The molecule has 0 aliphatic rings. The smallest absolute Gasteiger partial charge is 0.135 e. The summed E-state index contributed by atoms with van der Waals surface area (Å²) in [6.07, 6.45) is 5.29. The molecular formula is C16H30N4O. The van der Waals surface area contributed by atoms with Crippen LogP contribution in [0.2, 0.25) is 0 Å². The van der Waals surface area contributed by atoms with Gasteiger partial charge in [-0.15, -0.1) is 0 Å². The van der Waals surface area contributed by atoms with Gasteiger partial charge in [0.2, 0.25) is 0 Å². The van der Waals surface area contributed by atoms with Crippen LogP contribution in [0.15, 0.2) is 6.07 Å². The lowest BCUT2D eigenvalue weighted by Gasteiger charge is -2.12. The average molecular weight is 294 g/mol. The van der Waals surface area contributed by atoms with Gasteiger partial charge in [-0.25, -0.2) is 9.97 Å². The zero-order valence-corrected chi connectivity index (χ0v) is 13.7. The predicted octanol–water partition coefficient (Wildman–Crippen LogP) is 3.39. The number of aliphatic hydroxyl groups is 1. The van der Waals surface area contributed by atoms with Crippen LogP contribution in [0.1, 0.15) is 64.6 Å². The van der Waals surface area contributed by atoms with Gasteiger partial charge < -0.3 is 15.7 Å². The number of nitrogens with one attached hydrogen (secondary N) is 2. The van der Waals surface area contributed by atoms with Crippen molar-refractivity contribution < 1.29 is 5.11 Å². The standard InChI is InChI=1S/C16H30N4O/c1-4-9-17-14-12-15(20-16(19-14)13(2)3)18-10-7-5-6-8-11-21/h12-13,21H,4-11H2,1-3H3,(H2,17,18,19,20). The predicted molar refractivity (Wildman–Crippen MR) is 88.9 cm³/mol. The Morgan fingerprint density at radius 3 is 2.19 bits per heavy atom. The molecule has 0 aromatic carbocycles. The summed E-state index contributed by atoms with van der Waals surface area (Å²) in [7, 11) is 0. The first-order chi connectivity index (χ1) is 10.2. The van der Waals surface area contributed by atoms with E-state index >= 15 is 0 Å². The second-order valence-corrected chi connectivity index (χ2v) is 5.64. The number of hydrogen-bond donors (Lipinski definition) is 3. The molecule has 1 aromatic rings. The van der Waals surface area contributed by atoms with E-state index in [1.54, 1.807) is 0 Å². The molecule has 0 atom stereocenters. The van der Waals surface area contributed by atoms with E-state index in [1.807, 2.05) is 6.07 Å². The summed E-state index contributed by atoms with van der Waals surface area (Å²) in [6.45, 7) is 8.49. The minimum Gasteiger partial charge on any atom is -0.396 e. The zero-order chi connectivity index (χ0) is 15.5. The lowest BCUT2D eigenvalue weighted by atomic mass is 10.2. The fourth-order valence-electron chi connectivity index (χ4n) is 1.97. The molecule has 0 fully saturated rings. The maximum absolute atomic E-state index is 8.75. The highest BCUT2D eigenvalue weighted by Gasteiger charge is 2.07. The van der Waals surface area contributed by atoms with Crippen molar-refractivity contribution in [3.63, 3.8) is 0 Å². The van der Waals surface area contributed by atoms with E-state index in [2.05, 4.69) is 41.4 Å². The Morgan fingerprint density at radius 2 is 1.62 bits per heavy atom. The minimum atomic E-state index is 0.295. The van der Waals surface area contributed by atoms with Gasteiger partial charge in [0.15, 0.2) is 0 Å². The summed E-state index contributed by atoms with van der Waals surface area (Å²) in [5.41, 5.74) is 0. The molecule has 0 radical (unpaired) electrons. The van der Waals surface area contributed by atoms with Crippen molar-refractivity contribution in [2.24, 2.45) is 0 Å². The zero-order valence-electron chi connectivity index (χ0n) is 13.7. The van der Waals surface area contributed by atoms with Crippen molar-refractivity contribution in [1.29, 1.82) is 0 Å². The largest absolute Gasteiger partial charge is 0.396 e. The molecule has 0 saturated heterocycles. The molecule has 3 N–H and O–H groups in total. The van der Waals surface area contributed by atoms with Gasteiger partial charge in [-0.2, -0.15) is 0 Å². The molecule has 120 valence electrons. The van der Waals surface area contributed by atoms with Crippen LogP contribution in [-0.2, 0) is 0 Å². The Balaban J connectivity index is 2.52. The Kier molecular flexibility index (Phi) is 8.74. The summed E-state index contributed by atoms with van der Waals surface area (Å²) in [5.74, 6) is 2.99. The maximum Gasteiger partial charge on any atom is 0.135 e. The third-order valence-electron chi connectivity index (χ3n) is 3.21. The number of aliphatic hydroxyl groups excluding tert-OH is 1. The number of aromatic nitrogens is 2. The molecule has 0 aliphatic heterocycles. The molecule has 5 heteroatoms. The first-order valence-corrected chi connectivity index (χ1v) is 8.15. The summed E-state index contributed by atoms with van der Waals surface area (Å²) in [5, 5.41) is 15.5. The first-order valence-electron chi connectivity index (χ1n) is 8.15. The van der Waals surface area contributed by atoms with Crippen LogP contribution in [0.4, 0.5) is 11.6 Å². The molecule has 1 aromatic heterocycles. The van der Waals surface area contributed by atoms with Gasteiger partial charge in [0.1, 0.15) is 17.5 Å². The van der Waals surface area contributed by atoms with Crippen molar-refractivity contribution in [3.8, 4) is 0 Å². The van der Waals surface area contributed by atoms with E-state index in [0.717, 1.165) is 62.7 Å². The third-order valence-corrected chi connectivity index (χ3v) is 3.21. The molecule has 1 rings (SSSR count). The van der Waals surface area contributed by atoms with Crippen molar-refractivity contribution in [3.05, 3.63) is 11.9 Å². The molecule has 5 nitrogen and oxygen atoms in total. The summed E-state index contributed by atoms with van der Waals surface area (Å²) < 4.78 is 0. The Labute approximate surface area is 128 Å². The molecule has 0 saturated carbocycles. The molecule has 0 unspecified atom stereocenters. The molecule has 0 spiro atoms. The third kappa shape index (κ3) is 7.27. The van der Waals surface area contributed by atoms with Gasteiger partial charge in [0.05, 0.1) is 0 Å². The van der Waals surface area contributed by atoms with Gasteiger partial charge >= 0.3 is 0 Å². The van der Waals surface area contributed by atoms with Crippen LogP contribution in [0.3, 0.4) is 0 Å². The van der Waals surface area contributed by atoms with E-state index in [1.165, 1.54) is 0 Å². The molecule has 21 heavy (non-hydrogen) atoms. The fourth-order valence-corrected chi connectivity index (χ4v) is 1.97. The quantitative estimate of drug-likeness (QED) is 0.546. The van der Waals surface area contributed by atoms with Crippen LogP contribution in [-0.4, -0.2) is 34.8 Å². The average Bonchev–Trinajstić information content (AvgIpc) is 2.48. The molecule has 0 amide bonds.